The van der Waals surface area contributed by atoms with Gasteiger partial charge in [0.15, 0.2) is 0 Å². The summed E-state index contributed by atoms with van der Waals surface area (Å²) in [4.78, 5) is 10.5. The normalized spacial score (nSPS) is 13.0. The molecule has 0 aliphatic rings. The minimum atomic E-state index is 0.0557. The van der Waals surface area contributed by atoms with Crippen LogP contribution in [0, 0.1) is 5.92 Å². The first-order valence-electron chi connectivity index (χ1n) is 4.55. The molecule has 0 aromatic heterocycles. The zero-order chi connectivity index (χ0) is 9.52. The Hall–Kier alpha value is -1.37. The molecule has 1 heteroatoms. The lowest BCUT2D eigenvalue weighted by atomic mass is 10.1. The van der Waals surface area contributed by atoms with Gasteiger partial charge < -0.3 is 4.79 Å². The number of allylic oxidation sites excluding steroid dienone is 1. The van der Waals surface area contributed by atoms with Crippen molar-refractivity contribution in [2.24, 2.45) is 5.92 Å². The molecule has 0 saturated heterocycles. The number of hydrogen-bond acceptors (Lipinski definition) is 1. The van der Waals surface area contributed by atoms with E-state index in [1.165, 1.54) is 0 Å². The molecule has 0 N–H and O–H groups in total. The zero-order valence-electron chi connectivity index (χ0n) is 7.81. The van der Waals surface area contributed by atoms with Crippen molar-refractivity contribution in [2.45, 2.75) is 13.3 Å². The Morgan fingerprint density at radius 1 is 1.31 bits per heavy atom. The van der Waals surface area contributed by atoms with E-state index >= 15 is 0 Å². The van der Waals surface area contributed by atoms with Gasteiger partial charge in [-0.15, -0.1) is 0 Å². The molecule has 1 nitrogen and oxygen atoms in total. The molecular weight excluding hydrogens is 160 g/mol. The van der Waals surface area contributed by atoms with Crippen molar-refractivity contribution in [1.29, 1.82) is 0 Å². The van der Waals surface area contributed by atoms with Crippen LogP contribution < -0.4 is 0 Å². The first-order chi connectivity index (χ1) is 6.36. The molecule has 0 aliphatic heterocycles. The van der Waals surface area contributed by atoms with Crippen molar-refractivity contribution >= 4 is 12.4 Å². The van der Waals surface area contributed by atoms with Crippen molar-refractivity contribution in [3.05, 3.63) is 42.0 Å². The van der Waals surface area contributed by atoms with E-state index in [4.69, 9.17) is 0 Å². The maximum atomic E-state index is 10.5. The molecule has 0 spiro atoms. The van der Waals surface area contributed by atoms with Gasteiger partial charge in [0.05, 0.1) is 0 Å². The average Bonchev–Trinajstić information content (AvgIpc) is 2.21. The van der Waals surface area contributed by atoms with E-state index in [2.05, 4.69) is 0 Å². The molecule has 1 aromatic carbocycles. The Bertz CT molecular complexity index is 274. The van der Waals surface area contributed by atoms with Crippen molar-refractivity contribution in [2.75, 3.05) is 0 Å². The minimum Gasteiger partial charge on any atom is -0.303 e. The van der Waals surface area contributed by atoms with Crippen LogP contribution in [0.4, 0.5) is 0 Å². The highest BCUT2D eigenvalue weighted by molar-refractivity contribution is 5.61. The smallest absolute Gasteiger partial charge is 0.126 e. The minimum absolute atomic E-state index is 0.0557. The van der Waals surface area contributed by atoms with Crippen LogP contribution in [-0.2, 0) is 4.79 Å². The highest BCUT2D eigenvalue weighted by Crippen LogP contribution is 2.06. The van der Waals surface area contributed by atoms with E-state index in [0.29, 0.717) is 0 Å². The number of rotatable bonds is 4. The van der Waals surface area contributed by atoms with E-state index < -0.39 is 0 Å². The number of benzene rings is 1. The highest BCUT2D eigenvalue weighted by Gasteiger charge is 1.96. The lowest BCUT2D eigenvalue weighted by molar-refractivity contribution is -0.109. The molecular formula is C12H14O. The van der Waals surface area contributed by atoms with Gasteiger partial charge in [-0.2, -0.15) is 0 Å². The van der Waals surface area contributed by atoms with Crippen LogP contribution in [0.1, 0.15) is 18.9 Å². The van der Waals surface area contributed by atoms with Gasteiger partial charge in [0.25, 0.3) is 0 Å². The highest BCUT2D eigenvalue weighted by atomic mass is 16.1. The first kappa shape index (κ1) is 9.72. The van der Waals surface area contributed by atoms with Crippen molar-refractivity contribution in [1.82, 2.24) is 0 Å². The molecule has 13 heavy (non-hydrogen) atoms. The summed E-state index contributed by atoms with van der Waals surface area (Å²) in [6.45, 7) is 2.01. The second kappa shape index (κ2) is 5.31. The van der Waals surface area contributed by atoms with Crippen molar-refractivity contribution in [3.63, 3.8) is 0 Å². The van der Waals surface area contributed by atoms with E-state index in [1.54, 1.807) is 0 Å². The molecule has 68 valence electrons. The van der Waals surface area contributed by atoms with Gasteiger partial charge in [0.1, 0.15) is 6.29 Å². The molecule has 1 rings (SSSR count). The van der Waals surface area contributed by atoms with Gasteiger partial charge in [-0.25, -0.2) is 0 Å². The quantitative estimate of drug-likeness (QED) is 0.641. The fourth-order valence-electron chi connectivity index (χ4n) is 1.08. The van der Waals surface area contributed by atoms with Gasteiger partial charge in [0.2, 0.25) is 0 Å². The predicted molar refractivity (Wildman–Crippen MR) is 55.3 cm³/mol. The van der Waals surface area contributed by atoms with E-state index in [0.717, 1.165) is 18.3 Å². The Morgan fingerprint density at radius 2 is 2.00 bits per heavy atom. The van der Waals surface area contributed by atoms with Crippen LogP contribution in [0.25, 0.3) is 6.08 Å². The summed E-state index contributed by atoms with van der Waals surface area (Å²) in [6.07, 6.45) is 5.79. The largest absolute Gasteiger partial charge is 0.303 e. The third kappa shape index (κ3) is 3.24. The maximum absolute atomic E-state index is 10.5. The molecule has 1 aromatic rings. The summed E-state index contributed by atoms with van der Waals surface area (Å²) in [6, 6.07) is 10.00. The standard InChI is InChI=1S/C12H14O/c1-2-11(10-13)8-9-12-6-4-3-5-7-12/h3-11H,2H2,1H3/b9-8+. The fourth-order valence-corrected chi connectivity index (χ4v) is 1.08. The van der Waals surface area contributed by atoms with Gasteiger partial charge in [-0.3, -0.25) is 0 Å². The Balaban J connectivity index is 2.62. The molecule has 0 aliphatic carbocycles. The second-order valence-electron chi connectivity index (χ2n) is 2.98. The van der Waals surface area contributed by atoms with E-state index in [-0.39, 0.29) is 5.92 Å². The summed E-state index contributed by atoms with van der Waals surface area (Å²) >= 11 is 0. The van der Waals surface area contributed by atoms with Crippen LogP contribution in [-0.4, -0.2) is 6.29 Å². The van der Waals surface area contributed by atoms with E-state index in [1.807, 2.05) is 49.4 Å². The van der Waals surface area contributed by atoms with Crippen LogP contribution in [0.2, 0.25) is 0 Å². The van der Waals surface area contributed by atoms with Crippen molar-refractivity contribution < 1.29 is 4.79 Å². The molecule has 1 unspecified atom stereocenters. The molecule has 0 amide bonds. The molecule has 0 fully saturated rings. The number of aldehydes is 1. The Labute approximate surface area is 79.1 Å². The summed E-state index contributed by atoms with van der Waals surface area (Å²) in [7, 11) is 0. The third-order valence-electron chi connectivity index (χ3n) is 1.98. The second-order valence-corrected chi connectivity index (χ2v) is 2.98. The van der Waals surface area contributed by atoms with Crippen LogP contribution in [0.3, 0.4) is 0 Å². The zero-order valence-corrected chi connectivity index (χ0v) is 7.81. The maximum Gasteiger partial charge on any atom is 0.126 e. The monoisotopic (exact) mass is 174 g/mol. The number of carbonyl (C=O) groups excluding carboxylic acids is 1. The van der Waals surface area contributed by atoms with Crippen LogP contribution in [0.15, 0.2) is 36.4 Å². The Kier molecular flexibility index (Phi) is 3.97. The number of hydrogen-bond donors (Lipinski definition) is 0. The van der Waals surface area contributed by atoms with Gasteiger partial charge in [-0.05, 0) is 12.0 Å². The summed E-state index contributed by atoms with van der Waals surface area (Å²) in [5.74, 6) is 0.0557. The fraction of sp³-hybridized carbons (Fsp3) is 0.250. The molecule has 1 atom stereocenters. The molecule has 0 heterocycles. The third-order valence-corrected chi connectivity index (χ3v) is 1.98. The average molecular weight is 174 g/mol. The SMILES string of the molecule is CCC(C=O)/C=C/c1ccccc1. The molecule has 0 bridgehead atoms. The lowest BCUT2D eigenvalue weighted by Gasteiger charge is -1.97. The van der Waals surface area contributed by atoms with Crippen molar-refractivity contribution in [3.8, 4) is 0 Å². The van der Waals surface area contributed by atoms with E-state index in [9.17, 15) is 4.79 Å². The van der Waals surface area contributed by atoms with Crippen LogP contribution >= 0.6 is 0 Å². The van der Waals surface area contributed by atoms with Gasteiger partial charge in [0, 0.05) is 5.92 Å². The number of carbonyl (C=O) groups is 1. The Morgan fingerprint density at radius 3 is 2.54 bits per heavy atom. The predicted octanol–water partition coefficient (Wildman–Crippen LogP) is 2.92. The molecule has 0 saturated carbocycles. The first-order valence-corrected chi connectivity index (χ1v) is 4.55. The summed E-state index contributed by atoms with van der Waals surface area (Å²) in [5.41, 5.74) is 1.14. The summed E-state index contributed by atoms with van der Waals surface area (Å²) in [5, 5.41) is 0. The summed E-state index contributed by atoms with van der Waals surface area (Å²) < 4.78 is 0. The lowest BCUT2D eigenvalue weighted by Crippen LogP contribution is -1.93. The van der Waals surface area contributed by atoms with Gasteiger partial charge in [-0.1, -0.05) is 49.4 Å². The van der Waals surface area contributed by atoms with Crippen LogP contribution in [0.5, 0.6) is 0 Å². The molecule has 0 radical (unpaired) electrons. The van der Waals surface area contributed by atoms with Gasteiger partial charge >= 0.3 is 0 Å². The topological polar surface area (TPSA) is 17.1 Å².